The minimum absolute atomic E-state index is 0.0217. The molecule has 0 radical (unpaired) electrons. The highest BCUT2D eigenvalue weighted by molar-refractivity contribution is 6.05. The Morgan fingerprint density at radius 3 is 2.62 bits per heavy atom. The van der Waals surface area contributed by atoms with Gasteiger partial charge in [0.05, 0.1) is 12.8 Å². The fourth-order valence-electron chi connectivity index (χ4n) is 3.22. The number of unbranched alkanes of at least 4 members (excludes halogenated alkanes) is 1. The van der Waals surface area contributed by atoms with Gasteiger partial charge in [-0.2, -0.15) is 8.78 Å². The van der Waals surface area contributed by atoms with E-state index in [1.165, 1.54) is 47.2 Å². The summed E-state index contributed by atoms with van der Waals surface area (Å²) in [5.41, 5.74) is 5.06. The number of benzene rings is 1. The fraction of sp³-hybridized carbons (Fsp3) is 0.261. The fourth-order valence-corrected chi connectivity index (χ4v) is 3.22. The number of rotatable bonds is 10. The van der Waals surface area contributed by atoms with E-state index in [-0.39, 0.29) is 30.3 Å². The van der Waals surface area contributed by atoms with E-state index >= 15 is 0 Å². The molecule has 3 N–H and O–H groups in total. The van der Waals surface area contributed by atoms with Crippen LogP contribution in [0.5, 0.6) is 5.75 Å². The molecule has 0 fully saturated rings. The van der Waals surface area contributed by atoms with Gasteiger partial charge in [0.1, 0.15) is 17.3 Å². The quantitative estimate of drug-likeness (QED) is 0.435. The number of hydrogen-bond acceptors (Lipinski definition) is 6. The topological polar surface area (TPSA) is 124 Å². The first-order valence-electron chi connectivity index (χ1n) is 10.5. The number of carbonyl (C=O) groups is 1. The summed E-state index contributed by atoms with van der Waals surface area (Å²) in [6.45, 7) is -0.840. The highest BCUT2D eigenvalue weighted by atomic mass is 19.3. The number of amides is 1. The normalized spacial score (nSPS) is 11.3. The van der Waals surface area contributed by atoms with Crippen molar-refractivity contribution in [2.24, 2.45) is 0 Å². The number of nitrogens with two attached hydrogens (primary N) is 1. The van der Waals surface area contributed by atoms with E-state index in [0.29, 0.717) is 17.7 Å². The molecule has 3 rings (SSSR count). The van der Waals surface area contributed by atoms with Gasteiger partial charge in [0.25, 0.3) is 11.5 Å². The van der Waals surface area contributed by atoms with Crippen molar-refractivity contribution in [2.45, 2.75) is 39.5 Å². The van der Waals surface area contributed by atoms with Gasteiger partial charge in [0.15, 0.2) is 5.69 Å². The first kappa shape index (κ1) is 24.5. The molecule has 0 unspecified atom stereocenters. The SMILES string of the molecule is CCCCn1c(N)c(N(Cc2ccco2)C(=O)/C=C/c2ccc(OC(F)F)cc2)c(=O)[nH]c1=O. The molecule has 0 aliphatic heterocycles. The molecule has 0 spiro atoms. The van der Waals surface area contributed by atoms with Crippen molar-refractivity contribution in [1.82, 2.24) is 9.55 Å². The first-order valence-corrected chi connectivity index (χ1v) is 10.5. The molecule has 34 heavy (non-hydrogen) atoms. The van der Waals surface area contributed by atoms with Crippen LogP contribution >= 0.6 is 0 Å². The van der Waals surface area contributed by atoms with Gasteiger partial charge in [-0.1, -0.05) is 25.5 Å². The van der Waals surface area contributed by atoms with E-state index in [9.17, 15) is 23.2 Å². The number of ether oxygens (including phenoxy) is 1. The lowest BCUT2D eigenvalue weighted by molar-refractivity contribution is -0.114. The van der Waals surface area contributed by atoms with Crippen LogP contribution in [0.4, 0.5) is 20.3 Å². The summed E-state index contributed by atoms with van der Waals surface area (Å²) in [4.78, 5) is 41.4. The van der Waals surface area contributed by atoms with Gasteiger partial charge < -0.3 is 14.9 Å². The molecule has 0 aliphatic carbocycles. The highest BCUT2D eigenvalue weighted by Crippen LogP contribution is 2.21. The van der Waals surface area contributed by atoms with Gasteiger partial charge in [-0.05, 0) is 42.3 Å². The van der Waals surface area contributed by atoms with Crippen LogP contribution in [-0.2, 0) is 17.9 Å². The van der Waals surface area contributed by atoms with E-state index in [1.54, 1.807) is 12.1 Å². The van der Waals surface area contributed by atoms with Crippen LogP contribution in [0.1, 0.15) is 31.1 Å². The molecule has 3 aromatic rings. The number of aromatic amines is 1. The lowest BCUT2D eigenvalue weighted by Crippen LogP contribution is -2.40. The average molecular weight is 474 g/mol. The summed E-state index contributed by atoms with van der Waals surface area (Å²) in [7, 11) is 0. The van der Waals surface area contributed by atoms with Crippen molar-refractivity contribution < 1.29 is 22.7 Å². The number of furan rings is 1. The number of nitrogen functional groups attached to an aromatic ring is 1. The number of aromatic nitrogens is 2. The Bertz CT molecular complexity index is 1250. The predicted octanol–water partition coefficient (Wildman–Crippen LogP) is 3.36. The Hall–Kier alpha value is -4.15. The van der Waals surface area contributed by atoms with Crippen molar-refractivity contribution >= 4 is 23.5 Å². The molecule has 2 heterocycles. The molecule has 0 atom stereocenters. The summed E-state index contributed by atoms with van der Waals surface area (Å²) in [6.07, 6.45) is 5.51. The summed E-state index contributed by atoms with van der Waals surface area (Å²) >= 11 is 0. The summed E-state index contributed by atoms with van der Waals surface area (Å²) in [5.74, 6) is -0.377. The number of anilines is 2. The maximum atomic E-state index is 13.1. The number of alkyl halides is 2. The number of nitrogens with zero attached hydrogens (tertiary/aromatic N) is 2. The Morgan fingerprint density at radius 1 is 1.26 bits per heavy atom. The minimum atomic E-state index is -2.94. The number of hydrogen-bond donors (Lipinski definition) is 2. The summed E-state index contributed by atoms with van der Waals surface area (Å²) in [5, 5.41) is 0. The zero-order valence-electron chi connectivity index (χ0n) is 18.4. The zero-order chi connectivity index (χ0) is 24.7. The van der Waals surface area contributed by atoms with Crippen LogP contribution in [0.3, 0.4) is 0 Å². The molecule has 9 nitrogen and oxygen atoms in total. The second-order valence-corrected chi connectivity index (χ2v) is 7.28. The second-order valence-electron chi connectivity index (χ2n) is 7.28. The monoisotopic (exact) mass is 474 g/mol. The molecule has 180 valence electrons. The lowest BCUT2D eigenvalue weighted by atomic mass is 10.2. The van der Waals surface area contributed by atoms with E-state index < -0.39 is 23.8 Å². The van der Waals surface area contributed by atoms with Gasteiger partial charge in [0, 0.05) is 12.6 Å². The number of carbonyl (C=O) groups excluding carboxylic acids is 1. The third kappa shape index (κ3) is 6.00. The molecule has 11 heteroatoms. The molecule has 0 aliphatic rings. The Morgan fingerprint density at radius 2 is 2.00 bits per heavy atom. The average Bonchev–Trinajstić information content (AvgIpc) is 3.30. The van der Waals surface area contributed by atoms with Gasteiger partial charge in [-0.25, -0.2) is 4.79 Å². The maximum absolute atomic E-state index is 13.1. The molecular formula is C23H24F2N4O5. The van der Waals surface area contributed by atoms with E-state index in [1.807, 2.05) is 6.92 Å². The van der Waals surface area contributed by atoms with Gasteiger partial charge in [-0.3, -0.25) is 24.0 Å². The molecule has 0 saturated heterocycles. The van der Waals surface area contributed by atoms with Crippen molar-refractivity contribution in [3.63, 3.8) is 0 Å². The van der Waals surface area contributed by atoms with Crippen LogP contribution in [0.25, 0.3) is 6.08 Å². The number of H-pyrrole nitrogens is 1. The van der Waals surface area contributed by atoms with E-state index in [0.717, 1.165) is 11.3 Å². The van der Waals surface area contributed by atoms with Gasteiger partial charge >= 0.3 is 12.3 Å². The third-order valence-corrected chi connectivity index (χ3v) is 4.90. The minimum Gasteiger partial charge on any atom is -0.467 e. The Balaban J connectivity index is 1.95. The first-order chi connectivity index (χ1) is 16.3. The summed E-state index contributed by atoms with van der Waals surface area (Å²) in [6, 6.07) is 8.91. The zero-order valence-corrected chi connectivity index (χ0v) is 18.4. The molecule has 0 saturated carbocycles. The highest BCUT2D eigenvalue weighted by Gasteiger charge is 2.24. The largest absolute Gasteiger partial charge is 0.467 e. The van der Waals surface area contributed by atoms with Crippen molar-refractivity contribution in [2.75, 3.05) is 10.6 Å². The van der Waals surface area contributed by atoms with Crippen LogP contribution in [0.2, 0.25) is 0 Å². The molecule has 1 aromatic carbocycles. The molecule has 2 aromatic heterocycles. The molecule has 1 amide bonds. The predicted molar refractivity (Wildman–Crippen MR) is 123 cm³/mol. The van der Waals surface area contributed by atoms with Crippen molar-refractivity contribution in [3.05, 3.63) is 80.9 Å². The molecule has 0 bridgehead atoms. The standard InChI is InChI=1S/C23H24F2N4O5/c1-2-3-12-28-20(26)19(21(31)27-23(28)32)29(14-17-5-4-13-33-17)18(30)11-8-15-6-9-16(10-7-15)34-22(24)25/h4-11,13,22H,2-3,12,14,26H2,1H3,(H,27,31,32)/b11-8+. The maximum Gasteiger partial charge on any atom is 0.387 e. The van der Waals surface area contributed by atoms with Crippen LogP contribution in [0, 0.1) is 0 Å². The van der Waals surface area contributed by atoms with Gasteiger partial charge in [-0.15, -0.1) is 0 Å². The van der Waals surface area contributed by atoms with Crippen LogP contribution < -0.4 is 26.6 Å². The van der Waals surface area contributed by atoms with E-state index in [4.69, 9.17) is 10.2 Å². The van der Waals surface area contributed by atoms with Crippen LogP contribution in [0.15, 0.2) is 62.7 Å². The van der Waals surface area contributed by atoms with Gasteiger partial charge in [0.2, 0.25) is 0 Å². The Kier molecular flexibility index (Phi) is 8.01. The third-order valence-electron chi connectivity index (χ3n) is 4.90. The van der Waals surface area contributed by atoms with Crippen molar-refractivity contribution in [3.8, 4) is 5.75 Å². The second kappa shape index (κ2) is 11.1. The number of nitrogens with one attached hydrogen (secondary N) is 1. The van der Waals surface area contributed by atoms with Crippen molar-refractivity contribution in [1.29, 1.82) is 0 Å². The van der Waals surface area contributed by atoms with Crippen LogP contribution in [-0.4, -0.2) is 22.1 Å². The smallest absolute Gasteiger partial charge is 0.387 e. The molecular weight excluding hydrogens is 450 g/mol. The lowest BCUT2D eigenvalue weighted by Gasteiger charge is -2.22. The Labute approximate surface area is 193 Å². The number of halogens is 2. The summed E-state index contributed by atoms with van der Waals surface area (Å²) < 4.78 is 35.5. The van der Waals surface area contributed by atoms with E-state index in [2.05, 4.69) is 9.72 Å².